The summed E-state index contributed by atoms with van der Waals surface area (Å²) >= 11 is 6.10. The van der Waals surface area contributed by atoms with Crippen molar-refractivity contribution >= 4 is 29.6 Å². The number of hydrogen-bond acceptors (Lipinski definition) is 5. The van der Waals surface area contributed by atoms with Gasteiger partial charge in [-0.05, 0) is 60.4 Å². The minimum atomic E-state index is -0.253. The van der Waals surface area contributed by atoms with Crippen molar-refractivity contribution in [2.75, 3.05) is 7.11 Å². The number of methoxy groups -OCH3 is 1. The second-order valence-corrected chi connectivity index (χ2v) is 8.87. The molecule has 1 aliphatic heterocycles. The Kier molecular flexibility index (Phi) is 3.78. The van der Waals surface area contributed by atoms with Gasteiger partial charge in [0.1, 0.15) is 17.3 Å². The summed E-state index contributed by atoms with van der Waals surface area (Å²) < 4.78 is 11.2. The summed E-state index contributed by atoms with van der Waals surface area (Å²) in [7, 11) is 1.58. The first kappa shape index (κ1) is 18.0. The fourth-order valence-corrected chi connectivity index (χ4v) is 5.78. The van der Waals surface area contributed by atoms with E-state index in [0.717, 1.165) is 11.4 Å². The minimum Gasteiger partial charge on any atom is -0.496 e. The van der Waals surface area contributed by atoms with Crippen LogP contribution in [0.4, 0.5) is 0 Å². The summed E-state index contributed by atoms with van der Waals surface area (Å²) in [6.45, 7) is 0. The van der Waals surface area contributed by atoms with Gasteiger partial charge >= 0.3 is 0 Å². The predicted molar refractivity (Wildman–Crippen MR) is 110 cm³/mol. The molecule has 0 unspecified atom stereocenters. The van der Waals surface area contributed by atoms with Crippen molar-refractivity contribution < 1.29 is 18.7 Å². The maximum Gasteiger partial charge on any atom is 0.254 e. The highest BCUT2D eigenvalue weighted by atomic mass is 35.5. The van der Waals surface area contributed by atoms with Crippen molar-refractivity contribution in [3.05, 3.63) is 53.3 Å². The van der Waals surface area contributed by atoms with E-state index in [0.29, 0.717) is 39.7 Å². The van der Waals surface area contributed by atoms with Gasteiger partial charge in [0.25, 0.3) is 11.8 Å². The maximum absolute atomic E-state index is 13.0. The van der Waals surface area contributed by atoms with E-state index in [2.05, 4.69) is 17.3 Å². The van der Waals surface area contributed by atoms with Gasteiger partial charge in [-0.25, -0.2) is 0 Å². The van der Waals surface area contributed by atoms with Crippen LogP contribution in [0.5, 0.6) is 5.75 Å². The van der Waals surface area contributed by atoms with Crippen molar-refractivity contribution in [3.63, 3.8) is 0 Å². The molecule has 2 heterocycles. The summed E-state index contributed by atoms with van der Waals surface area (Å²) in [5, 5.41) is 5.83. The fraction of sp³-hybridized carbons (Fsp3) is 0.348. The zero-order valence-corrected chi connectivity index (χ0v) is 17.0. The monoisotopic (exact) mass is 422 g/mol. The summed E-state index contributed by atoms with van der Waals surface area (Å²) in [6.07, 6.45) is 6.86. The SMILES string of the molecule is COc1ccc(Cl)cc1-c1ccc(/C=N\N2C(=O)[C@H]3[C@@H]4C=C[C@H]([C@H]5C[C@H]45)[C@@H]3C2=O)o1. The number of hydrogen-bond donors (Lipinski definition) is 0. The molecule has 1 aromatic carbocycles. The quantitative estimate of drug-likeness (QED) is 0.424. The van der Waals surface area contributed by atoms with Crippen LogP contribution in [0.1, 0.15) is 12.2 Å². The number of allylic oxidation sites excluding steroid dienone is 2. The van der Waals surface area contributed by atoms with Crippen LogP contribution in [0, 0.1) is 35.5 Å². The summed E-state index contributed by atoms with van der Waals surface area (Å²) in [5.41, 5.74) is 0.714. The first-order chi connectivity index (χ1) is 14.6. The number of hydrazone groups is 1. The second-order valence-electron chi connectivity index (χ2n) is 8.43. The lowest BCUT2D eigenvalue weighted by atomic mass is 9.63. The lowest BCUT2D eigenvalue weighted by Gasteiger charge is -2.37. The number of benzene rings is 1. The minimum absolute atomic E-state index is 0.186. The molecule has 6 atom stereocenters. The zero-order valence-electron chi connectivity index (χ0n) is 16.2. The molecule has 4 aliphatic carbocycles. The molecule has 2 aromatic rings. The highest BCUT2D eigenvalue weighted by Crippen LogP contribution is 2.65. The molecule has 0 spiro atoms. The van der Waals surface area contributed by atoms with Crippen molar-refractivity contribution in [1.29, 1.82) is 0 Å². The Morgan fingerprint density at radius 2 is 1.80 bits per heavy atom. The molecular weight excluding hydrogens is 404 g/mol. The Morgan fingerprint density at radius 3 is 2.47 bits per heavy atom. The topological polar surface area (TPSA) is 72.1 Å². The molecule has 7 heteroatoms. The van der Waals surface area contributed by atoms with E-state index in [4.69, 9.17) is 20.8 Å². The maximum atomic E-state index is 13.0. The first-order valence-corrected chi connectivity index (χ1v) is 10.5. The zero-order chi connectivity index (χ0) is 20.6. The van der Waals surface area contributed by atoms with Crippen molar-refractivity contribution in [2.24, 2.45) is 40.6 Å². The van der Waals surface area contributed by atoms with E-state index in [1.807, 2.05) is 0 Å². The van der Waals surface area contributed by atoms with Gasteiger partial charge < -0.3 is 9.15 Å². The third-order valence-electron chi connectivity index (χ3n) is 6.99. The number of nitrogens with zero attached hydrogens (tertiary/aromatic N) is 2. The van der Waals surface area contributed by atoms with E-state index < -0.39 is 0 Å². The van der Waals surface area contributed by atoms with E-state index in [1.54, 1.807) is 37.4 Å². The second kappa shape index (κ2) is 6.32. The molecule has 0 radical (unpaired) electrons. The van der Waals surface area contributed by atoms with Gasteiger partial charge in [-0.2, -0.15) is 10.1 Å². The highest BCUT2D eigenvalue weighted by molar-refractivity contribution is 6.31. The molecule has 3 fully saturated rings. The highest BCUT2D eigenvalue weighted by Gasteiger charge is 2.67. The molecule has 1 aromatic heterocycles. The van der Waals surface area contributed by atoms with Gasteiger partial charge in [-0.1, -0.05) is 23.8 Å². The summed E-state index contributed by atoms with van der Waals surface area (Å²) in [5.74, 6) is 2.27. The largest absolute Gasteiger partial charge is 0.496 e. The molecular formula is C23H19ClN2O4. The molecule has 152 valence electrons. The molecule has 7 rings (SSSR count). The van der Waals surface area contributed by atoms with Gasteiger partial charge in [-0.15, -0.1) is 0 Å². The van der Waals surface area contributed by atoms with Crippen LogP contribution in [-0.4, -0.2) is 30.1 Å². The normalized spacial score (nSPS) is 33.3. The Morgan fingerprint density at radius 1 is 1.10 bits per heavy atom. The van der Waals surface area contributed by atoms with E-state index >= 15 is 0 Å². The smallest absolute Gasteiger partial charge is 0.254 e. The number of carbonyl (C=O) groups excluding carboxylic acids is 2. The average Bonchev–Trinajstić information content (AvgIpc) is 3.39. The van der Waals surface area contributed by atoms with E-state index in [9.17, 15) is 9.59 Å². The molecule has 1 saturated heterocycles. The van der Waals surface area contributed by atoms with Crippen LogP contribution in [0.15, 0.2) is 52.0 Å². The molecule has 5 aliphatic rings. The predicted octanol–water partition coefficient (Wildman–Crippen LogP) is 4.00. The Labute approximate surface area is 178 Å². The molecule has 0 N–H and O–H groups in total. The van der Waals surface area contributed by atoms with Gasteiger partial charge in [-0.3, -0.25) is 9.59 Å². The lowest BCUT2D eigenvalue weighted by molar-refractivity contribution is -0.140. The third-order valence-corrected chi connectivity index (χ3v) is 7.23. The summed E-state index contributed by atoms with van der Waals surface area (Å²) in [6, 6.07) is 8.78. The third kappa shape index (κ3) is 2.46. The molecule has 6 nitrogen and oxygen atoms in total. The summed E-state index contributed by atoms with van der Waals surface area (Å²) in [4.78, 5) is 25.9. The van der Waals surface area contributed by atoms with E-state index in [-0.39, 0.29) is 35.5 Å². The van der Waals surface area contributed by atoms with Crippen LogP contribution >= 0.6 is 11.6 Å². The number of rotatable bonds is 4. The number of ether oxygens (including phenoxy) is 1. The molecule has 30 heavy (non-hydrogen) atoms. The lowest BCUT2D eigenvalue weighted by Crippen LogP contribution is -2.40. The van der Waals surface area contributed by atoms with Crippen molar-refractivity contribution in [2.45, 2.75) is 6.42 Å². The fourth-order valence-electron chi connectivity index (χ4n) is 5.61. The van der Waals surface area contributed by atoms with Crippen LogP contribution in [0.2, 0.25) is 5.02 Å². The van der Waals surface area contributed by atoms with Crippen LogP contribution in [-0.2, 0) is 9.59 Å². The number of carbonyl (C=O) groups is 2. The van der Waals surface area contributed by atoms with Crippen LogP contribution < -0.4 is 4.74 Å². The Hall–Kier alpha value is -2.86. The van der Waals surface area contributed by atoms with Gasteiger partial charge in [0, 0.05) is 5.02 Å². The van der Waals surface area contributed by atoms with Gasteiger partial charge in [0.15, 0.2) is 0 Å². The standard InChI is InChI=1S/C23H19ClN2O4/c1-29-18-6-2-11(24)8-17(18)19-7-3-12(30-19)10-25-26-22(27)20-13-4-5-14(16-9-15(13)16)21(20)23(26)28/h2-8,10,13-16,20-21H,9H2,1H3/b25-10-/t13-,14-,15-,16-,20+,21+/m1/s1. The Bertz CT molecular complexity index is 1100. The Balaban J connectivity index is 1.26. The molecule has 2 bridgehead atoms. The van der Waals surface area contributed by atoms with Crippen molar-refractivity contribution in [1.82, 2.24) is 5.01 Å². The van der Waals surface area contributed by atoms with E-state index in [1.165, 1.54) is 6.21 Å². The number of imide groups is 1. The average molecular weight is 423 g/mol. The van der Waals surface area contributed by atoms with Gasteiger partial charge in [0.2, 0.25) is 0 Å². The molecule has 2 amide bonds. The van der Waals surface area contributed by atoms with Crippen LogP contribution in [0.3, 0.4) is 0 Å². The number of furan rings is 1. The molecule has 2 saturated carbocycles. The van der Waals surface area contributed by atoms with Crippen LogP contribution in [0.25, 0.3) is 11.3 Å². The van der Waals surface area contributed by atoms with Crippen molar-refractivity contribution in [3.8, 4) is 17.1 Å². The first-order valence-electron chi connectivity index (χ1n) is 10.1. The van der Waals surface area contributed by atoms with Gasteiger partial charge in [0.05, 0.1) is 30.7 Å². The number of halogens is 1. The number of amides is 2.